The highest BCUT2D eigenvalue weighted by atomic mass is 16.4. The first-order valence-corrected chi connectivity index (χ1v) is 8.43. The molecule has 0 fully saturated rings. The second-order valence-electron chi connectivity index (χ2n) is 6.28. The zero-order valence-electron chi connectivity index (χ0n) is 15.5. The van der Waals surface area contributed by atoms with E-state index < -0.39 is 11.5 Å². The molecule has 0 aromatic carbocycles. The average Bonchev–Trinajstić information content (AvgIpc) is 3.17. The van der Waals surface area contributed by atoms with Crippen LogP contribution in [-0.4, -0.2) is 30.1 Å². The van der Waals surface area contributed by atoms with Crippen LogP contribution in [0.15, 0.2) is 32.0 Å². The number of primary amides is 1. The summed E-state index contributed by atoms with van der Waals surface area (Å²) in [5.74, 6) is 1.95. The Labute approximate surface area is 152 Å². The summed E-state index contributed by atoms with van der Waals surface area (Å²) in [6.07, 6.45) is 0. The van der Waals surface area contributed by atoms with Gasteiger partial charge in [-0.2, -0.15) is 0 Å². The van der Waals surface area contributed by atoms with Crippen molar-refractivity contribution in [3.8, 4) is 0 Å². The van der Waals surface area contributed by atoms with Crippen molar-refractivity contribution >= 4 is 11.9 Å². The highest BCUT2D eigenvalue weighted by molar-refractivity contribution is 5.89. The molecule has 0 saturated carbocycles. The molecule has 1 amide bonds. The Morgan fingerprint density at radius 3 is 2.58 bits per heavy atom. The van der Waals surface area contributed by atoms with Crippen LogP contribution in [0.3, 0.4) is 0 Å². The van der Waals surface area contributed by atoms with E-state index in [0.29, 0.717) is 24.0 Å². The number of nitrogens with zero attached hydrogens (tertiary/aromatic N) is 1. The Morgan fingerprint density at radius 1 is 1.31 bits per heavy atom. The van der Waals surface area contributed by atoms with E-state index in [-0.39, 0.29) is 18.8 Å². The Hall–Kier alpha value is -2.74. The highest BCUT2D eigenvalue weighted by Gasteiger charge is 2.27. The van der Waals surface area contributed by atoms with Gasteiger partial charge in [-0.05, 0) is 45.9 Å². The molecule has 5 N–H and O–H groups in total. The van der Waals surface area contributed by atoms with Gasteiger partial charge >= 0.3 is 0 Å². The van der Waals surface area contributed by atoms with Crippen LogP contribution >= 0.6 is 0 Å². The average molecular weight is 362 g/mol. The van der Waals surface area contributed by atoms with Crippen LogP contribution in [-0.2, 0) is 12.1 Å². The van der Waals surface area contributed by atoms with Gasteiger partial charge in [-0.15, -0.1) is 0 Å². The number of carbonyl (C=O) groups excluding carboxylic acids is 1. The van der Waals surface area contributed by atoms with Gasteiger partial charge in [0.15, 0.2) is 11.7 Å². The Balaban J connectivity index is 2.04. The third-order valence-corrected chi connectivity index (χ3v) is 3.86. The number of rotatable bonds is 7. The summed E-state index contributed by atoms with van der Waals surface area (Å²) in [7, 11) is 0. The molecule has 2 rings (SSSR count). The summed E-state index contributed by atoms with van der Waals surface area (Å²) in [5, 5.41) is 17.0. The maximum absolute atomic E-state index is 11.1. The highest BCUT2D eigenvalue weighted by Crippen LogP contribution is 2.26. The second-order valence-corrected chi connectivity index (χ2v) is 6.28. The molecule has 2 aromatic heterocycles. The maximum atomic E-state index is 11.1. The van der Waals surface area contributed by atoms with Crippen molar-refractivity contribution in [3.05, 3.63) is 46.8 Å². The van der Waals surface area contributed by atoms with E-state index >= 15 is 0 Å². The number of aryl methyl sites for hydroxylation is 2. The van der Waals surface area contributed by atoms with Gasteiger partial charge in [0.2, 0.25) is 0 Å². The van der Waals surface area contributed by atoms with E-state index in [1.165, 1.54) is 6.07 Å². The predicted molar refractivity (Wildman–Crippen MR) is 97.8 cm³/mol. The van der Waals surface area contributed by atoms with E-state index in [1.807, 2.05) is 26.8 Å². The van der Waals surface area contributed by atoms with Crippen LogP contribution < -0.4 is 16.4 Å². The minimum atomic E-state index is -1.12. The van der Waals surface area contributed by atoms with Crippen molar-refractivity contribution < 1.29 is 18.7 Å². The lowest BCUT2D eigenvalue weighted by Crippen LogP contribution is -2.44. The van der Waals surface area contributed by atoms with E-state index in [0.717, 1.165) is 11.3 Å². The summed E-state index contributed by atoms with van der Waals surface area (Å²) in [5.41, 5.74) is 4.78. The van der Waals surface area contributed by atoms with Crippen molar-refractivity contribution in [2.45, 2.75) is 39.8 Å². The van der Waals surface area contributed by atoms with Crippen molar-refractivity contribution in [2.24, 2.45) is 10.7 Å². The topological polar surface area (TPSA) is 126 Å². The molecule has 2 heterocycles. The fraction of sp³-hybridized carbons (Fsp3) is 0.444. The van der Waals surface area contributed by atoms with Gasteiger partial charge in [0.1, 0.15) is 29.4 Å². The largest absolute Gasteiger partial charge is 0.466 e. The van der Waals surface area contributed by atoms with Crippen LogP contribution in [0, 0.1) is 13.8 Å². The number of furan rings is 2. The van der Waals surface area contributed by atoms with Gasteiger partial charge in [0, 0.05) is 12.1 Å². The van der Waals surface area contributed by atoms with Gasteiger partial charge in [-0.1, -0.05) is 0 Å². The Bertz CT molecular complexity index is 789. The van der Waals surface area contributed by atoms with Crippen LogP contribution in [0.1, 0.15) is 47.2 Å². The number of amides is 1. The van der Waals surface area contributed by atoms with Crippen LogP contribution in [0.5, 0.6) is 0 Å². The number of aliphatic imine (C=N–C) groups is 1. The Kier molecular flexibility index (Phi) is 6.10. The van der Waals surface area contributed by atoms with Crippen LogP contribution in [0.25, 0.3) is 0 Å². The third-order valence-electron chi connectivity index (χ3n) is 3.86. The molecule has 142 valence electrons. The zero-order valence-corrected chi connectivity index (χ0v) is 15.5. The first-order chi connectivity index (χ1) is 12.2. The predicted octanol–water partition coefficient (Wildman–Crippen LogP) is 1.55. The quantitative estimate of drug-likeness (QED) is 0.437. The number of nitrogens with one attached hydrogen (secondary N) is 2. The molecule has 0 aliphatic carbocycles. The standard InChI is InChI=1S/C18H26N4O4/c1-5-20-17(21-9-13-6-7-15(26-13)16(19)23)22-10-18(4,24)14-8-11(2)25-12(14)3/h6-8,24H,5,9-10H2,1-4H3,(H2,19,23)(H2,20,21,22). The number of guanidine groups is 1. The molecule has 8 nitrogen and oxygen atoms in total. The molecule has 0 spiro atoms. The van der Waals surface area contributed by atoms with Crippen molar-refractivity contribution in [1.82, 2.24) is 10.6 Å². The number of hydrogen-bond acceptors (Lipinski definition) is 5. The molecule has 0 radical (unpaired) electrons. The SMILES string of the molecule is CCNC(=NCc1ccc(C(N)=O)o1)NCC(C)(O)c1cc(C)oc1C. The minimum Gasteiger partial charge on any atom is -0.466 e. The number of hydrogen-bond donors (Lipinski definition) is 4. The second kappa shape index (κ2) is 8.09. The normalized spacial score (nSPS) is 14.1. The van der Waals surface area contributed by atoms with Gasteiger partial charge in [0.25, 0.3) is 5.91 Å². The number of carbonyl (C=O) groups is 1. The van der Waals surface area contributed by atoms with Crippen molar-refractivity contribution in [2.75, 3.05) is 13.1 Å². The summed E-state index contributed by atoms with van der Waals surface area (Å²) >= 11 is 0. The number of nitrogens with two attached hydrogens (primary N) is 1. The lowest BCUT2D eigenvalue weighted by atomic mass is 9.96. The lowest BCUT2D eigenvalue weighted by Gasteiger charge is -2.24. The van der Waals surface area contributed by atoms with Gasteiger partial charge in [0.05, 0.1) is 6.54 Å². The maximum Gasteiger partial charge on any atom is 0.284 e. The molecular formula is C18H26N4O4. The van der Waals surface area contributed by atoms with Crippen LogP contribution in [0.4, 0.5) is 0 Å². The minimum absolute atomic E-state index is 0.0990. The summed E-state index contributed by atoms with van der Waals surface area (Å²) < 4.78 is 10.8. The lowest BCUT2D eigenvalue weighted by molar-refractivity contribution is 0.0601. The molecular weight excluding hydrogens is 336 g/mol. The molecule has 0 saturated heterocycles. The summed E-state index contributed by atoms with van der Waals surface area (Å²) in [4.78, 5) is 15.5. The van der Waals surface area contributed by atoms with Crippen molar-refractivity contribution in [1.29, 1.82) is 0 Å². The molecule has 0 aliphatic rings. The summed E-state index contributed by atoms with van der Waals surface area (Å²) in [6.45, 7) is 8.45. The van der Waals surface area contributed by atoms with E-state index in [9.17, 15) is 9.90 Å². The monoisotopic (exact) mass is 362 g/mol. The molecule has 1 unspecified atom stereocenters. The van der Waals surface area contributed by atoms with Gasteiger partial charge in [-0.3, -0.25) is 4.79 Å². The third kappa shape index (κ3) is 4.89. The number of aliphatic hydroxyl groups is 1. The molecule has 2 aromatic rings. The zero-order chi connectivity index (χ0) is 19.3. The fourth-order valence-corrected chi connectivity index (χ4v) is 2.61. The summed E-state index contributed by atoms with van der Waals surface area (Å²) in [6, 6.07) is 5.00. The smallest absolute Gasteiger partial charge is 0.284 e. The molecule has 1 atom stereocenters. The molecule has 26 heavy (non-hydrogen) atoms. The first-order valence-electron chi connectivity index (χ1n) is 8.43. The molecule has 0 aliphatic heterocycles. The molecule has 0 bridgehead atoms. The van der Waals surface area contributed by atoms with E-state index in [1.54, 1.807) is 13.0 Å². The van der Waals surface area contributed by atoms with Gasteiger partial charge in [-0.25, -0.2) is 4.99 Å². The van der Waals surface area contributed by atoms with E-state index in [4.69, 9.17) is 14.6 Å². The fourth-order valence-electron chi connectivity index (χ4n) is 2.61. The van der Waals surface area contributed by atoms with E-state index in [2.05, 4.69) is 15.6 Å². The van der Waals surface area contributed by atoms with Crippen molar-refractivity contribution in [3.63, 3.8) is 0 Å². The Morgan fingerprint density at radius 2 is 2.04 bits per heavy atom. The molecule has 8 heteroatoms. The van der Waals surface area contributed by atoms with Crippen LogP contribution in [0.2, 0.25) is 0 Å². The first kappa shape index (κ1) is 19.6. The van der Waals surface area contributed by atoms with Gasteiger partial charge < -0.3 is 30.3 Å².